The first-order valence-electron chi connectivity index (χ1n) is 12.2. The summed E-state index contributed by atoms with van der Waals surface area (Å²) in [6.45, 7) is 13.0. The summed E-state index contributed by atoms with van der Waals surface area (Å²) in [4.78, 5) is 25.5. The number of piperazine rings is 1. The third kappa shape index (κ3) is 4.71. The molecule has 0 aliphatic carbocycles. The second-order valence-corrected chi connectivity index (χ2v) is 10.1. The standard InChI is InChI=1S/C29H27ClFN5O/c1-18-17-36(29(20-5-9-22(30)10-6-20)21-7-11-23(31)12-8-21)19(2)16-35(18)25-15-27(37)34(4)24-13-14-26(32-3)33-28(24)25/h5-15,18-19,29H,16-17H2,1-2,4H3/t18-,19+,29?/m0/s1. The zero-order valence-corrected chi connectivity index (χ0v) is 21.7. The number of benzene rings is 2. The highest BCUT2D eigenvalue weighted by Gasteiger charge is 2.36. The summed E-state index contributed by atoms with van der Waals surface area (Å²) in [5.74, 6) is 0.0273. The van der Waals surface area contributed by atoms with Crippen LogP contribution in [0.25, 0.3) is 15.9 Å². The molecule has 0 amide bonds. The molecular formula is C29H27ClFN5O. The van der Waals surface area contributed by atoms with Gasteiger partial charge in [-0.25, -0.2) is 4.39 Å². The molecule has 0 spiro atoms. The van der Waals surface area contributed by atoms with Crippen LogP contribution in [0.1, 0.15) is 31.0 Å². The summed E-state index contributed by atoms with van der Waals surface area (Å²) in [7, 11) is 1.72. The Hall–Kier alpha value is -3.73. The number of fused-ring (bicyclic) bond motifs is 1. The molecule has 3 heterocycles. The largest absolute Gasteiger partial charge is 0.362 e. The van der Waals surface area contributed by atoms with E-state index in [9.17, 15) is 9.18 Å². The number of hydrogen-bond donors (Lipinski definition) is 0. The van der Waals surface area contributed by atoms with Gasteiger partial charge in [-0.15, -0.1) is 4.98 Å². The number of rotatable bonds is 4. The fraction of sp³-hybridized carbons (Fsp3) is 0.276. The first kappa shape index (κ1) is 24.9. The fourth-order valence-corrected chi connectivity index (χ4v) is 5.42. The van der Waals surface area contributed by atoms with Gasteiger partial charge < -0.3 is 14.3 Å². The molecule has 1 saturated heterocycles. The van der Waals surface area contributed by atoms with Crippen LogP contribution in [0.4, 0.5) is 15.9 Å². The minimum atomic E-state index is -0.270. The number of halogens is 2. The number of aromatic nitrogens is 2. The molecule has 1 aliphatic rings. The molecule has 0 radical (unpaired) electrons. The molecule has 4 aromatic rings. The van der Waals surface area contributed by atoms with Gasteiger partial charge >= 0.3 is 0 Å². The van der Waals surface area contributed by atoms with Crippen molar-refractivity contribution in [3.05, 3.63) is 110 Å². The maximum atomic E-state index is 13.8. The molecular weight excluding hydrogens is 489 g/mol. The van der Waals surface area contributed by atoms with E-state index >= 15 is 0 Å². The van der Waals surface area contributed by atoms with Crippen molar-refractivity contribution in [3.8, 4) is 0 Å². The molecule has 5 rings (SSSR count). The van der Waals surface area contributed by atoms with Crippen molar-refractivity contribution in [2.24, 2.45) is 7.05 Å². The maximum absolute atomic E-state index is 13.8. The lowest BCUT2D eigenvalue weighted by Crippen LogP contribution is -2.57. The average Bonchev–Trinajstić information content (AvgIpc) is 2.90. The Labute approximate surface area is 220 Å². The van der Waals surface area contributed by atoms with E-state index in [1.165, 1.54) is 12.1 Å². The normalized spacial score (nSPS) is 19.1. The van der Waals surface area contributed by atoms with Crippen molar-refractivity contribution >= 4 is 34.1 Å². The Bertz CT molecular complexity index is 1500. The van der Waals surface area contributed by atoms with Crippen molar-refractivity contribution in [2.75, 3.05) is 18.0 Å². The van der Waals surface area contributed by atoms with Gasteiger partial charge in [-0.05, 0) is 61.4 Å². The van der Waals surface area contributed by atoms with Gasteiger partial charge in [0, 0.05) is 43.3 Å². The molecule has 8 heteroatoms. The van der Waals surface area contributed by atoms with Gasteiger partial charge in [0.05, 0.1) is 17.2 Å². The number of pyridine rings is 2. The molecule has 0 N–H and O–H groups in total. The Morgan fingerprint density at radius 2 is 1.65 bits per heavy atom. The van der Waals surface area contributed by atoms with E-state index in [1.807, 2.05) is 36.4 Å². The van der Waals surface area contributed by atoms with E-state index in [0.29, 0.717) is 35.0 Å². The van der Waals surface area contributed by atoms with E-state index in [0.717, 1.165) is 16.8 Å². The first-order valence-corrected chi connectivity index (χ1v) is 12.6. The van der Waals surface area contributed by atoms with Gasteiger partial charge in [0.25, 0.3) is 11.4 Å². The summed E-state index contributed by atoms with van der Waals surface area (Å²) in [5, 5.41) is 0.664. The van der Waals surface area contributed by atoms with Crippen LogP contribution in [-0.2, 0) is 7.05 Å². The number of nitrogens with zero attached hydrogens (tertiary/aromatic N) is 5. The average molecular weight is 516 g/mol. The molecule has 1 unspecified atom stereocenters. The molecule has 2 aromatic heterocycles. The molecule has 0 saturated carbocycles. The molecule has 188 valence electrons. The summed E-state index contributed by atoms with van der Waals surface area (Å²) >= 11 is 6.18. The van der Waals surface area contributed by atoms with Crippen molar-refractivity contribution in [2.45, 2.75) is 32.0 Å². The van der Waals surface area contributed by atoms with Gasteiger partial charge in [-0.2, -0.15) is 0 Å². The summed E-state index contributed by atoms with van der Waals surface area (Å²) in [6, 6.07) is 19.5. The summed E-state index contributed by atoms with van der Waals surface area (Å²) in [6.07, 6.45) is 0. The minimum Gasteiger partial charge on any atom is -0.362 e. The summed E-state index contributed by atoms with van der Waals surface area (Å²) < 4.78 is 15.3. The van der Waals surface area contributed by atoms with Crippen LogP contribution < -0.4 is 10.5 Å². The molecule has 3 atom stereocenters. The number of hydrogen-bond acceptors (Lipinski definition) is 4. The van der Waals surface area contributed by atoms with Crippen molar-refractivity contribution in [3.63, 3.8) is 0 Å². The van der Waals surface area contributed by atoms with Gasteiger partial charge in [-0.1, -0.05) is 42.4 Å². The van der Waals surface area contributed by atoms with Crippen LogP contribution in [0.2, 0.25) is 5.02 Å². The lowest BCUT2D eigenvalue weighted by molar-refractivity contribution is 0.130. The van der Waals surface area contributed by atoms with Crippen LogP contribution in [0.5, 0.6) is 0 Å². The molecule has 37 heavy (non-hydrogen) atoms. The first-order chi connectivity index (χ1) is 17.8. The Morgan fingerprint density at radius 1 is 1.00 bits per heavy atom. The van der Waals surface area contributed by atoms with Gasteiger partial charge in [0.1, 0.15) is 5.82 Å². The highest BCUT2D eigenvalue weighted by Crippen LogP contribution is 2.36. The maximum Gasteiger partial charge on any atom is 0.270 e. The SMILES string of the molecule is [C-]#[N+]c1ccc2c(n1)c(N1C[C@@H](C)N(C(c3ccc(F)cc3)c3ccc(Cl)cc3)C[C@@H]1C)cc(=O)n2C. The highest BCUT2D eigenvalue weighted by atomic mass is 35.5. The predicted octanol–water partition coefficient (Wildman–Crippen LogP) is 5.97. The molecule has 1 fully saturated rings. The minimum absolute atomic E-state index is 0.0418. The fourth-order valence-electron chi connectivity index (χ4n) is 5.30. The van der Waals surface area contributed by atoms with Crippen LogP contribution in [0, 0.1) is 12.4 Å². The van der Waals surface area contributed by atoms with Gasteiger partial charge in [0.2, 0.25) is 5.52 Å². The number of aryl methyl sites for hydroxylation is 1. The zero-order valence-electron chi connectivity index (χ0n) is 20.9. The van der Waals surface area contributed by atoms with Gasteiger partial charge in [-0.3, -0.25) is 9.69 Å². The van der Waals surface area contributed by atoms with Crippen molar-refractivity contribution < 1.29 is 4.39 Å². The van der Waals surface area contributed by atoms with E-state index in [2.05, 4.69) is 33.5 Å². The summed E-state index contributed by atoms with van der Waals surface area (Å²) in [5.41, 5.74) is 4.04. The topological polar surface area (TPSA) is 45.7 Å². The predicted molar refractivity (Wildman–Crippen MR) is 146 cm³/mol. The molecule has 1 aliphatic heterocycles. The Balaban J connectivity index is 1.55. The molecule has 6 nitrogen and oxygen atoms in total. The van der Waals surface area contributed by atoms with Crippen molar-refractivity contribution in [1.82, 2.24) is 14.5 Å². The lowest BCUT2D eigenvalue weighted by Gasteiger charge is -2.48. The quantitative estimate of drug-likeness (QED) is 0.314. The third-order valence-electron chi connectivity index (χ3n) is 7.22. The van der Waals surface area contributed by atoms with Gasteiger partial charge in [0.15, 0.2) is 0 Å². The van der Waals surface area contributed by atoms with Crippen molar-refractivity contribution in [1.29, 1.82) is 0 Å². The monoisotopic (exact) mass is 515 g/mol. The second kappa shape index (κ2) is 9.97. The van der Waals surface area contributed by atoms with Crippen LogP contribution in [0.15, 0.2) is 71.5 Å². The van der Waals surface area contributed by atoms with E-state index < -0.39 is 0 Å². The van der Waals surface area contributed by atoms with Crippen LogP contribution in [0.3, 0.4) is 0 Å². The Morgan fingerprint density at radius 3 is 2.30 bits per heavy atom. The van der Waals surface area contributed by atoms with Crippen LogP contribution >= 0.6 is 11.6 Å². The smallest absolute Gasteiger partial charge is 0.270 e. The van der Waals surface area contributed by atoms with E-state index in [1.54, 1.807) is 29.8 Å². The highest BCUT2D eigenvalue weighted by molar-refractivity contribution is 6.30. The zero-order chi connectivity index (χ0) is 26.3. The molecule has 2 aromatic carbocycles. The van der Waals surface area contributed by atoms with E-state index in [-0.39, 0.29) is 29.5 Å². The third-order valence-corrected chi connectivity index (χ3v) is 7.47. The number of anilines is 1. The molecule has 0 bridgehead atoms. The lowest BCUT2D eigenvalue weighted by atomic mass is 9.93. The Kier molecular flexibility index (Phi) is 6.72. The second-order valence-electron chi connectivity index (χ2n) is 9.63. The van der Waals surface area contributed by atoms with Crippen LogP contribution in [-0.4, -0.2) is 39.6 Å². The van der Waals surface area contributed by atoms with E-state index in [4.69, 9.17) is 18.2 Å².